The zero-order chi connectivity index (χ0) is 20.2. The Balaban J connectivity index is 1.40. The maximum Gasteiger partial charge on any atom is 0.270 e. The summed E-state index contributed by atoms with van der Waals surface area (Å²) in [6.07, 6.45) is 3.45. The second kappa shape index (κ2) is 8.01. The van der Waals surface area contributed by atoms with Crippen LogP contribution in [0.25, 0.3) is 11.3 Å². The lowest BCUT2D eigenvalue weighted by molar-refractivity contribution is -0.384. The van der Waals surface area contributed by atoms with Crippen LogP contribution in [0.3, 0.4) is 0 Å². The average molecular weight is 390 g/mol. The zero-order valence-corrected chi connectivity index (χ0v) is 15.5. The van der Waals surface area contributed by atoms with Crippen LogP contribution in [0.5, 0.6) is 0 Å². The van der Waals surface area contributed by atoms with Gasteiger partial charge in [0, 0.05) is 61.8 Å². The van der Waals surface area contributed by atoms with Gasteiger partial charge in [-0.1, -0.05) is 6.07 Å². The average Bonchev–Trinajstić information content (AvgIpc) is 2.79. The molecule has 0 N–H and O–H groups in total. The van der Waals surface area contributed by atoms with Crippen molar-refractivity contribution < 1.29 is 9.72 Å². The molecule has 1 saturated heterocycles. The number of anilines is 1. The number of amides is 1. The Labute approximate surface area is 166 Å². The first-order valence-electron chi connectivity index (χ1n) is 9.14. The lowest BCUT2D eigenvalue weighted by Gasteiger charge is -2.35. The maximum absolute atomic E-state index is 12.7. The summed E-state index contributed by atoms with van der Waals surface area (Å²) in [5.41, 5.74) is 1.90. The molecule has 9 heteroatoms. The Bertz CT molecular complexity index is 1020. The lowest BCUT2D eigenvalue weighted by Crippen LogP contribution is -2.49. The van der Waals surface area contributed by atoms with Crippen LogP contribution in [0, 0.1) is 10.1 Å². The summed E-state index contributed by atoms with van der Waals surface area (Å²) in [6, 6.07) is 13.4. The minimum Gasteiger partial charge on any atom is -0.352 e. The number of carbonyl (C=O) groups excluding carboxylic acids is 1. The molecule has 0 unspecified atom stereocenters. The van der Waals surface area contributed by atoms with Gasteiger partial charge < -0.3 is 9.80 Å². The Hall–Kier alpha value is -3.88. The number of nitro groups is 1. The molecule has 0 spiro atoms. The molecule has 29 heavy (non-hydrogen) atoms. The number of non-ortho nitro benzene ring substituents is 1. The molecule has 9 nitrogen and oxygen atoms in total. The molecule has 4 rings (SSSR count). The third-order valence-corrected chi connectivity index (χ3v) is 4.80. The number of hydrogen-bond donors (Lipinski definition) is 0. The molecular formula is C20H18N6O3. The molecular weight excluding hydrogens is 372 g/mol. The van der Waals surface area contributed by atoms with E-state index in [0.717, 1.165) is 17.1 Å². The number of piperazine rings is 1. The van der Waals surface area contributed by atoms with Gasteiger partial charge in [0.2, 0.25) is 0 Å². The highest BCUT2D eigenvalue weighted by molar-refractivity contribution is 5.95. The number of pyridine rings is 1. The van der Waals surface area contributed by atoms with Crippen molar-refractivity contribution in [2.75, 3.05) is 31.1 Å². The van der Waals surface area contributed by atoms with Gasteiger partial charge in [0.15, 0.2) is 5.82 Å². The van der Waals surface area contributed by atoms with E-state index < -0.39 is 4.92 Å². The Morgan fingerprint density at radius 3 is 2.48 bits per heavy atom. The predicted molar refractivity (Wildman–Crippen MR) is 106 cm³/mol. The van der Waals surface area contributed by atoms with Crippen molar-refractivity contribution in [1.82, 2.24) is 20.1 Å². The van der Waals surface area contributed by atoms with Crippen molar-refractivity contribution in [1.29, 1.82) is 0 Å². The van der Waals surface area contributed by atoms with Crippen LogP contribution in [-0.4, -0.2) is 57.1 Å². The molecule has 146 valence electrons. The van der Waals surface area contributed by atoms with Gasteiger partial charge in [0.25, 0.3) is 11.6 Å². The van der Waals surface area contributed by atoms with E-state index in [2.05, 4.69) is 20.1 Å². The van der Waals surface area contributed by atoms with E-state index in [1.54, 1.807) is 23.4 Å². The van der Waals surface area contributed by atoms with Crippen LogP contribution in [0.15, 0.2) is 60.9 Å². The molecule has 1 aliphatic heterocycles. The fourth-order valence-corrected chi connectivity index (χ4v) is 3.24. The number of aromatic nitrogens is 3. The molecule has 3 heterocycles. The first kappa shape index (κ1) is 18.5. The highest BCUT2D eigenvalue weighted by atomic mass is 16.6. The van der Waals surface area contributed by atoms with Gasteiger partial charge >= 0.3 is 0 Å². The molecule has 2 aromatic heterocycles. The van der Waals surface area contributed by atoms with E-state index in [9.17, 15) is 14.9 Å². The van der Waals surface area contributed by atoms with Gasteiger partial charge in [-0.05, 0) is 30.3 Å². The topological polar surface area (TPSA) is 105 Å². The Morgan fingerprint density at radius 2 is 1.83 bits per heavy atom. The largest absolute Gasteiger partial charge is 0.352 e. The standard InChI is InChI=1S/C20H18N6O3/c27-20(15-3-1-5-17(13-15)26(28)29)25-11-9-24(10-12-25)19-7-6-18(22-23-19)16-4-2-8-21-14-16/h1-8,13-14H,9-12H2. The fourth-order valence-electron chi connectivity index (χ4n) is 3.24. The number of nitro benzene ring substituents is 1. The molecule has 0 saturated carbocycles. The number of carbonyl (C=O) groups is 1. The van der Waals surface area contributed by atoms with Crippen molar-refractivity contribution in [3.05, 3.63) is 76.6 Å². The van der Waals surface area contributed by atoms with Crippen molar-refractivity contribution in [2.24, 2.45) is 0 Å². The van der Waals surface area contributed by atoms with Crippen LogP contribution < -0.4 is 4.90 Å². The van der Waals surface area contributed by atoms with E-state index in [1.807, 2.05) is 24.3 Å². The molecule has 1 aromatic carbocycles. The van der Waals surface area contributed by atoms with E-state index in [4.69, 9.17) is 0 Å². The summed E-state index contributed by atoms with van der Waals surface area (Å²) < 4.78 is 0. The molecule has 1 amide bonds. The van der Waals surface area contributed by atoms with Crippen molar-refractivity contribution in [2.45, 2.75) is 0 Å². The van der Waals surface area contributed by atoms with Gasteiger partial charge in [-0.3, -0.25) is 19.9 Å². The van der Waals surface area contributed by atoms with Crippen molar-refractivity contribution >= 4 is 17.4 Å². The number of rotatable bonds is 4. The van der Waals surface area contributed by atoms with E-state index >= 15 is 0 Å². The van der Waals surface area contributed by atoms with Crippen LogP contribution in [-0.2, 0) is 0 Å². The highest BCUT2D eigenvalue weighted by Gasteiger charge is 2.24. The first-order chi connectivity index (χ1) is 14.1. The van der Waals surface area contributed by atoms with E-state index in [1.165, 1.54) is 18.2 Å². The third-order valence-electron chi connectivity index (χ3n) is 4.80. The molecule has 0 aliphatic carbocycles. The summed E-state index contributed by atoms with van der Waals surface area (Å²) in [7, 11) is 0. The number of benzene rings is 1. The van der Waals surface area contributed by atoms with Gasteiger partial charge in [-0.2, -0.15) is 0 Å². The second-order valence-electron chi connectivity index (χ2n) is 6.61. The molecule has 3 aromatic rings. The van der Waals surface area contributed by atoms with Gasteiger partial charge in [0.05, 0.1) is 10.6 Å². The lowest BCUT2D eigenvalue weighted by atomic mass is 10.1. The van der Waals surface area contributed by atoms with Crippen LogP contribution in [0.2, 0.25) is 0 Å². The van der Waals surface area contributed by atoms with Gasteiger partial charge in [-0.25, -0.2) is 0 Å². The van der Waals surface area contributed by atoms with Crippen LogP contribution in [0.1, 0.15) is 10.4 Å². The quantitative estimate of drug-likeness (QED) is 0.497. The second-order valence-corrected chi connectivity index (χ2v) is 6.61. The first-order valence-corrected chi connectivity index (χ1v) is 9.14. The summed E-state index contributed by atoms with van der Waals surface area (Å²) in [5.74, 6) is 0.548. The smallest absolute Gasteiger partial charge is 0.270 e. The number of nitrogens with zero attached hydrogens (tertiary/aromatic N) is 6. The van der Waals surface area contributed by atoms with Crippen molar-refractivity contribution in [3.63, 3.8) is 0 Å². The van der Waals surface area contributed by atoms with Gasteiger partial charge in [0.1, 0.15) is 0 Å². The van der Waals surface area contributed by atoms with E-state index in [0.29, 0.717) is 31.7 Å². The highest BCUT2D eigenvalue weighted by Crippen LogP contribution is 2.20. The zero-order valence-electron chi connectivity index (χ0n) is 15.5. The minimum absolute atomic E-state index is 0.0848. The molecule has 0 radical (unpaired) electrons. The predicted octanol–water partition coefficient (Wildman–Crippen LogP) is 2.41. The van der Waals surface area contributed by atoms with Crippen LogP contribution >= 0.6 is 0 Å². The fraction of sp³-hybridized carbons (Fsp3) is 0.200. The normalized spacial score (nSPS) is 13.9. The summed E-state index contributed by atoms with van der Waals surface area (Å²) in [4.78, 5) is 31.0. The van der Waals surface area contributed by atoms with Crippen LogP contribution in [0.4, 0.5) is 11.5 Å². The summed E-state index contributed by atoms with van der Waals surface area (Å²) in [5, 5.41) is 19.5. The summed E-state index contributed by atoms with van der Waals surface area (Å²) in [6.45, 7) is 2.24. The van der Waals surface area contributed by atoms with Crippen molar-refractivity contribution in [3.8, 4) is 11.3 Å². The summed E-state index contributed by atoms with van der Waals surface area (Å²) >= 11 is 0. The SMILES string of the molecule is O=C(c1cccc([N+](=O)[O-])c1)N1CCN(c2ccc(-c3cccnc3)nn2)CC1. The Morgan fingerprint density at radius 1 is 1.00 bits per heavy atom. The molecule has 0 bridgehead atoms. The number of hydrogen-bond acceptors (Lipinski definition) is 7. The molecule has 1 fully saturated rings. The molecule has 0 atom stereocenters. The Kier molecular flexibility index (Phi) is 5.10. The molecule has 1 aliphatic rings. The minimum atomic E-state index is -0.497. The van der Waals surface area contributed by atoms with Gasteiger partial charge in [-0.15, -0.1) is 10.2 Å². The van der Waals surface area contributed by atoms with E-state index in [-0.39, 0.29) is 11.6 Å². The monoisotopic (exact) mass is 390 g/mol. The maximum atomic E-state index is 12.7. The third kappa shape index (κ3) is 4.03.